The maximum Gasteiger partial charge on any atom is 0.150 e. The molecule has 0 aliphatic carbocycles. The van der Waals surface area contributed by atoms with E-state index in [9.17, 15) is 12.8 Å². The van der Waals surface area contributed by atoms with Crippen LogP contribution in [0.15, 0.2) is 22.7 Å². The van der Waals surface area contributed by atoms with E-state index in [1.54, 1.807) is 6.07 Å². The maximum absolute atomic E-state index is 13.1. The first-order chi connectivity index (χ1) is 7.96. The summed E-state index contributed by atoms with van der Waals surface area (Å²) in [4.78, 5) is 0. The number of hydrogen-bond acceptors (Lipinski definition) is 3. The molecule has 1 N–H and O–H groups in total. The second kappa shape index (κ2) is 4.94. The van der Waals surface area contributed by atoms with Gasteiger partial charge in [-0.05, 0) is 47.0 Å². The van der Waals surface area contributed by atoms with E-state index < -0.39 is 9.84 Å². The van der Waals surface area contributed by atoms with Gasteiger partial charge in [-0.2, -0.15) is 0 Å². The predicted octanol–water partition coefficient (Wildman–Crippen LogP) is 2.58. The lowest BCUT2D eigenvalue weighted by Gasteiger charge is -2.24. The molecule has 1 saturated heterocycles. The van der Waals surface area contributed by atoms with Crippen molar-refractivity contribution in [2.24, 2.45) is 0 Å². The standard InChI is InChI=1S/C11H13BrFNO2S/c12-10-2-1-8(13)7-11(10)14-9-3-5-17(15,16)6-4-9/h1-2,7,9,14H,3-6H2. The van der Waals surface area contributed by atoms with Crippen molar-refractivity contribution in [3.05, 3.63) is 28.5 Å². The van der Waals surface area contributed by atoms with Crippen LogP contribution in [-0.2, 0) is 9.84 Å². The number of rotatable bonds is 2. The Hall–Kier alpha value is -0.620. The van der Waals surface area contributed by atoms with Crippen LogP contribution >= 0.6 is 15.9 Å². The van der Waals surface area contributed by atoms with Gasteiger partial charge in [-0.15, -0.1) is 0 Å². The minimum absolute atomic E-state index is 0.0941. The summed E-state index contributed by atoms with van der Waals surface area (Å²) in [6.45, 7) is 0. The van der Waals surface area contributed by atoms with E-state index in [0.717, 1.165) is 4.47 Å². The van der Waals surface area contributed by atoms with Crippen molar-refractivity contribution < 1.29 is 12.8 Å². The Bertz CT molecular complexity index is 504. The minimum Gasteiger partial charge on any atom is -0.381 e. The van der Waals surface area contributed by atoms with Crippen molar-refractivity contribution in [3.63, 3.8) is 0 Å². The van der Waals surface area contributed by atoms with E-state index in [1.807, 2.05) is 0 Å². The molecule has 0 unspecified atom stereocenters. The smallest absolute Gasteiger partial charge is 0.150 e. The van der Waals surface area contributed by atoms with Gasteiger partial charge in [0.2, 0.25) is 0 Å². The van der Waals surface area contributed by atoms with Crippen LogP contribution in [-0.4, -0.2) is 26.0 Å². The second-order valence-corrected chi connectivity index (χ2v) is 7.35. The summed E-state index contributed by atoms with van der Waals surface area (Å²) in [5, 5.41) is 3.18. The number of benzene rings is 1. The Labute approximate surface area is 108 Å². The number of hydrogen-bond donors (Lipinski definition) is 1. The lowest BCUT2D eigenvalue weighted by Crippen LogP contribution is -2.32. The summed E-state index contributed by atoms with van der Waals surface area (Å²) in [5.41, 5.74) is 0.675. The second-order valence-electron chi connectivity index (χ2n) is 4.19. The molecule has 1 aromatic carbocycles. The largest absolute Gasteiger partial charge is 0.381 e. The average Bonchev–Trinajstić information content (AvgIpc) is 2.26. The molecule has 0 saturated carbocycles. The van der Waals surface area contributed by atoms with Crippen molar-refractivity contribution in [3.8, 4) is 0 Å². The molecule has 1 aliphatic heterocycles. The Morgan fingerprint density at radius 1 is 1.29 bits per heavy atom. The molecule has 94 valence electrons. The quantitative estimate of drug-likeness (QED) is 0.910. The molecule has 1 aliphatic rings. The fourth-order valence-electron chi connectivity index (χ4n) is 1.86. The summed E-state index contributed by atoms with van der Waals surface area (Å²) in [7, 11) is -2.85. The Kier molecular flexibility index (Phi) is 3.73. The zero-order valence-electron chi connectivity index (χ0n) is 9.12. The highest BCUT2D eigenvalue weighted by molar-refractivity contribution is 9.10. The third-order valence-electron chi connectivity index (χ3n) is 2.84. The van der Waals surface area contributed by atoms with Gasteiger partial charge in [-0.3, -0.25) is 0 Å². The molecule has 0 bridgehead atoms. The summed E-state index contributed by atoms with van der Waals surface area (Å²) in [6.07, 6.45) is 1.15. The van der Waals surface area contributed by atoms with E-state index >= 15 is 0 Å². The molecule has 0 atom stereocenters. The molecule has 2 rings (SSSR count). The molecular weight excluding hydrogens is 309 g/mol. The summed E-state index contributed by atoms with van der Waals surface area (Å²) >= 11 is 3.33. The first kappa shape index (κ1) is 12.8. The van der Waals surface area contributed by atoms with E-state index in [0.29, 0.717) is 18.5 Å². The van der Waals surface area contributed by atoms with E-state index in [2.05, 4.69) is 21.2 Å². The monoisotopic (exact) mass is 321 g/mol. The first-order valence-corrected chi connectivity index (χ1v) is 8.00. The highest BCUT2D eigenvalue weighted by Crippen LogP contribution is 2.26. The van der Waals surface area contributed by atoms with Crippen LogP contribution in [0.2, 0.25) is 0 Å². The summed E-state index contributed by atoms with van der Waals surface area (Å²) < 4.78 is 36.4. The SMILES string of the molecule is O=S1(=O)CCC(Nc2cc(F)ccc2Br)CC1. The predicted molar refractivity (Wildman–Crippen MR) is 69.4 cm³/mol. The number of sulfone groups is 1. The molecule has 6 heteroatoms. The van der Waals surface area contributed by atoms with Gasteiger partial charge in [0.05, 0.1) is 17.2 Å². The highest BCUT2D eigenvalue weighted by Gasteiger charge is 2.23. The van der Waals surface area contributed by atoms with Gasteiger partial charge in [-0.25, -0.2) is 12.8 Å². The van der Waals surface area contributed by atoms with Gasteiger partial charge in [0.25, 0.3) is 0 Å². The van der Waals surface area contributed by atoms with Crippen LogP contribution in [0.4, 0.5) is 10.1 Å². The van der Waals surface area contributed by atoms with Crippen molar-refractivity contribution in [2.75, 3.05) is 16.8 Å². The Balaban J connectivity index is 2.05. The van der Waals surface area contributed by atoms with Crippen molar-refractivity contribution in [2.45, 2.75) is 18.9 Å². The molecule has 1 fully saturated rings. The molecule has 17 heavy (non-hydrogen) atoms. The van der Waals surface area contributed by atoms with Crippen molar-refractivity contribution in [1.82, 2.24) is 0 Å². The lowest BCUT2D eigenvalue weighted by atomic mass is 10.1. The van der Waals surface area contributed by atoms with Crippen LogP contribution in [0.5, 0.6) is 0 Å². The number of halogens is 2. The number of anilines is 1. The van der Waals surface area contributed by atoms with Crippen LogP contribution in [0.3, 0.4) is 0 Å². The normalized spacial score (nSPS) is 20.1. The maximum atomic E-state index is 13.1. The Morgan fingerprint density at radius 3 is 2.59 bits per heavy atom. The fourth-order valence-corrected chi connectivity index (χ4v) is 3.71. The summed E-state index contributed by atoms with van der Waals surface area (Å²) in [6, 6.07) is 4.52. The van der Waals surface area contributed by atoms with Crippen LogP contribution in [0.1, 0.15) is 12.8 Å². The molecule has 0 radical (unpaired) electrons. The summed E-state index contributed by atoms with van der Waals surface area (Å²) in [5.74, 6) is 0.106. The number of nitrogens with one attached hydrogen (secondary N) is 1. The molecule has 1 heterocycles. The molecule has 0 aromatic heterocycles. The van der Waals surface area contributed by atoms with Gasteiger partial charge in [-0.1, -0.05) is 0 Å². The highest BCUT2D eigenvalue weighted by atomic mass is 79.9. The van der Waals surface area contributed by atoms with Crippen molar-refractivity contribution >= 4 is 31.5 Å². The molecular formula is C11H13BrFNO2S. The zero-order valence-corrected chi connectivity index (χ0v) is 11.5. The van der Waals surface area contributed by atoms with Gasteiger partial charge in [0.15, 0.2) is 0 Å². The first-order valence-electron chi connectivity index (χ1n) is 5.38. The van der Waals surface area contributed by atoms with Crippen LogP contribution in [0.25, 0.3) is 0 Å². The zero-order chi connectivity index (χ0) is 12.5. The van der Waals surface area contributed by atoms with Gasteiger partial charge in [0.1, 0.15) is 15.7 Å². The van der Waals surface area contributed by atoms with Crippen LogP contribution in [0, 0.1) is 5.82 Å². The van der Waals surface area contributed by atoms with Crippen molar-refractivity contribution in [1.29, 1.82) is 0 Å². The third-order valence-corrected chi connectivity index (χ3v) is 5.25. The molecule has 0 spiro atoms. The topological polar surface area (TPSA) is 46.2 Å². The lowest BCUT2D eigenvalue weighted by molar-refractivity contribution is 0.559. The molecule has 3 nitrogen and oxygen atoms in total. The van der Waals surface area contributed by atoms with Crippen LogP contribution < -0.4 is 5.32 Å². The van der Waals surface area contributed by atoms with Gasteiger partial charge < -0.3 is 5.32 Å². The third kappa shape index (κ3) is 3.42. The molecule has 0 amide bonds. The van der Waals surface area contributed by atoms with E-state index in [4.69, 9.17) is 0 Å². The van der Waals surface area contributed by atoms with Gasteiger partial charge >= 0.3 is 0 Å². The van der Waals surface area contributed by atoms with Gasteiger partial charge in [0, 0.05) is 10.5 Å². The fraction of sp³-hybridized carbons (Fsp3) is 0.455. The van der Waals surface area contributed by atoms with E-state index in [1.165, 1.54) is 12.1 Å². The minimum atomic E-state index is -2.85. The van der Waals surface area contributed by atoms with E-state index in [-0.39, 0.29) is 23.4 Å². The average molecular weight is 322 g/mol. The molecule has 1 aromatic rings. The Morgan fingerprint density at radius 2 is 1.94 bits per heavy atom.